The van der Waals surface area contributed by atoms with E-state index in [9.17, 15) is 0 Å². The number of thioether (sulfide) groups is 1. The minimum atomic E-state index is 0.349. The van der Waals surface area contributed by atoms with Gasteiger partial charge in [0.15, 0.2) is 0 Å². The molecule has 0 spiro atoms. The van der Waals surface area contributed by atoms with Crippen LogP contribution >= 0.6 is 11.8 Å². The van der Waals surface area contributed by atoms with Crippen LogP contribution in [0.3, 0.4) is 0 Å². The number of hydrazine groups is 1. The smallest absolute Gasteiger partial charge is 0.148 e. The zero-order valence-electron chi connectivity index (χ0n) is 12.6. The first-order valence-electron chi connectivity index (χ1n) is 7.27. The van der Waals surface area contributed by atoms with Crippen molar-refractivity contribution in [3.8, 4) is 0 Å². The van der Waals surface area contributed by atoms with E-state index in [-0.39, 0.29) is 0 Å². The molecule has 1 aliphatic rings. The molecular weight excluding hydrogens is 270 g/mol. The molecular formula is C14H25N5S. The molecule has 1 saturated heterocycles. The number of nitrogens with zero attached hydrogens (tertiary/aromatic N) is 3. The Morgan fingerprint density at radius 3 is 2.90 bits per heavy atom. The van der Waals surface area contributed by atoms with Gasteiger partial charge in [-0.05, 0) is 12.8 Å². The monoisotopic (exact) mass is 295 g/mol. The summed E-state index contributed by atoms with van der Waals surface area (Å²) in [7, 11) is 0. The SMILES string of the molecule is CCCc1c(NN)ncnc1N1CCSC(C)(C)CC1. The Hall–Kier alpha value is -1.01. The van der Waals surface area contributed by atoms with E-state index < -0.39 is 0 Å². The van der Waals surface area contributed by atoms with E-state index in [4.69, 9.17) is 5.84 Å². The number of hydrogen-bond acceptors (Lipinski definition) is 6. The maximum Gasteiger partial charge on any atom is 0.148 e. The van der Waals surface area contributed by atoms with Crippen LogP contribution in [0.5, 0.6) is 0 Å². The van der Waals surface area contributed by atoms with Crippen molar-refractivity contribution < 1.29 is 0 Å². The first-order valence-corrected chi connectivity index (χ1v) is 8.25. The summed E-state index contributed by atoms with van der Waals surface area (Å²) >= 11 is 2.04. The molecule has 2 rings (SSSR count). The number of rotatable bonds is 4. The van der Waals surface area contributed by atoms with Gasteiger partial charge >= 0.3 is 0 Å². The minimum absolute atomic E-state index is 0.349. The van der Waals surface area contributed by atoms with Crippen molar-refractivity contribution in [3.05, 3.63) is 11.9 Å². The van der Waals surface area contributed by atoms with Gasteiger partial charge in [0.05, 0.1) is 0 Å². The number of anilines is 2. The fourth-order valence-corrected chi connectivity index (χ4v) is 3.61. The summed E-state index contributed by atoms with van der Waals surface area (Å²) in [5.41, 5.74) is 3.85. The highest BCUT2D eigenvalue weighted by molar-refractivity contribution is 8.00. The van der Waals surface area contributed by atoms with Crippen LogP contribution in [-0.2, 0) is 6.42 Å². The van der Waals surface area contributed by atoms with Crippen molar-refractivity contribution in [2.45, 2.75) is 44.8 Å². The lowest BCUT2D eigenvalue weighted by molar-refractivity contribution is 0.633. The maximum atomic E-state index is 5.59. The summed E-state index contributed by atoms with van der Waals surface area (Å²) in [4.78, 5) is 11.2. The quantitative estimate of drug-likeness (QED) is 0.657. The molecule has 2 heterocycles. The fraction of sp³-hybridized carbons (Fsp3) is 0.714. The van der Waals surface area contributed by atoms with E-state index in [1.807, 2.05) is 11.8 Å². The summed E-state index contributed by atoms with van der Waals surface area (Å²) in [5, 5.41) is 0. The highest BCUT2D eigenvalue weighted by Crippen LogP contribution is 2.33. The number of nitrogens with two attached hydrogens (primary N) is 1. The molecule has 1 aromatic rings. The zero-order chi connectivity index (χ0) is 14.6. The van der Waals surface area contributed by atoms with Crippen LogP contribution in [-0.4, -0.2) is 33.6 Å². The van der Waals surface area contributed by atoms with Gasteiger partial charge in [0, 0.05) is 29.2 Å². The number of nitrogens with one attached hydrogen (secondary N) is 1. The van der Waals surface area contributed by atoms with E-state index in [0.717, 1.165) is 48.9 Å². The van der Waals surface area contributed by atoms with Gasteiger partial charge in [0.2, 0.25) is 0 Å². The summed E-state index contributed by atoms with van der Waals surface area (Å²) < 4.78 is 0.349. The minimum Gasteiger partial charge on any atom is -0.355 e. The summed E-state index contributed by atoms with van der Waals surface area (Å²) in [6.07, 6.45) is 4.78. The maximum absolute atomic E-state index is 5.59. The van der Waals surface area contributed by atoms with Gasteiger partial charge in [0.25, 0.3) is 0 Å². The van der Waals surface area contributed by atoms with Crippen molar-refractivity contribution in [1.82, 2.24) is 9.97 Å². The molecule has 5 nitrogen and oxygen atoms in total. The summed E-state index contributed by atoms with van der Waals surface area (Å²) in [5.74, 6) is 8.53. The normalized spacial score (nSPS) is 18.7. The molecule has 0 aromatic carbocycles. The Bertz CT molecular complexity index is 449. The molecule has 0 saturated carbocycles. The molecule has 0 aliphatic carbocycles. The Labute approximate surface area is 125 Å². The number of hydrogen-bond donors (Lipinski definition) is 2. The van der Waals surface area contributed by atoms with Crippen LogP contribution in [0.15, 0.2) is 6.33 Å². The zero-order valence-corrected chi connectivity index (χ0v) is 13.5. The average molecular weight is 295 g/mol. The molecule has 6 heteroatoms. The Balaban J connectivity index is 2.27. The van der Waals surface area contributed by atoms with E-state index in [2.05, 4.69) is 41.1 Å². The van der Waals surface area contributed by atoms with Gasteiger partial charge in [-0.25, -0.2) is 15.8 Å². The standard InChI is InChI=1S/C14H25N5S/c1-4-5-11-12(18-15)16-10-17-13(11)19-7-6-14(2,3)20-9-8-19/h10H,4-9,15H2,1-3H3,(H,16,17,18). The van der Waals surface area contributed by atoms with Gasteiger partial charge in [-0.1, -0.05) is 27.2 Å². The van der Waals surface area contributed by atoms with Gasteiger partial charge < -0.3 is 10.3 Å². The number of nitrogen functional groups attached to an aromatic ring is 1. The molecule has 112 valence electrons. The molecule has 1 fully saturated rings. The van der Waals surface area contributed by atoms with Crippen molar-refractivity contribution in [1.29, 1.82) is 0 Å². The summed E-state index contributed by atoms with van der Waals surface area (Å²) in [6, 6.07) is 0. The molecule has 1 aromatic heterocycles. The third-order valence-corrected chi connectivity index (χ3v) is 5.07. The second-order valence-corrected chi connectivity index (χ2v) is 7.57. The Morgan fingerprint density at radius 1 is 1.40 bits per heavy atom. The lowest BCUT2D eigenvalue weighted by atomic mass is 10.1. The first kappa shape index (κ1) is 15.4. The highest BCUT2D eigenvalue weighted by atomic mass is 32.2. The van der Waals surface area contributed by atoms with Crippen molar-refractivity contribution in [2.24, 2.45) is 5.84 Å². The van der Waals surface area contributed by atoms with Gasteiger partial charge in [-0.15, -0.1) is 0 Å². The molecule has 1 aliphatic heterocycles. The molecule has 0 amide bonds. The molecule has 0 unspecified atom stereocenters. The second kappa shape index (κ2) is 6.63. The average Bonchev–Trinajstić information content (AvgIpc) is 2.60. The van der Waals surface area contributed by atoms with Gasteiger partial charge in [-0.2, -0.15) is 11.8 Å². The second-order valence-electron chi connectivity index (χ2n) is 5.76. The molecule has 0 atom stereocenters. The van der Waals surface area contributed by atoms with E-state index >= 15 is 0 Å². The lowest BCUT2D eigenvalue weighted by Gasteiger charge is -2.25. The van der Waals surface area contributed by atoms with Crippen molar-refractivity contribution in [3.63, 3.8) is 0 Å². The van der Waals surface area contributed by atoms with E-state index in [1.54, 1.807) is 6.33 Å². The predicted octanol–water partition coefficient (Wildman–Crippen LogP) is 2.44. The third-order valence-electron chi connectivity index (χ3n) is 3.70. The highest BCUT2D eigenvalue weighted by Gasteiger charge is 2.25. The van der Waals surface area contributed by atoms with Crippen LogP contribution in [0.1, 0.15) is 39.2 Å². The van der Waals surface area contributed by atoms with Crippen LogP contribution in [0.25, 0.3) is 0 Å². The number of aromatic nitrogens is 2. The molecule has 20 heavy (non-hydrogen) atoms. The van der Waals surface area contributed by atoms with Crippen LogP contribution in [0, 0.1) is 0 Å². The van der Waals surface area contributed by atoms with Gasteiger partial charge in [-0.3, -0.25) is 0 Å². The van der Waals surface area contributed by atoms with E-state index in [1.165, 1.54) is 6.42 Å². The van der Waals surface area contributed by atoms with Crippen LogP contribution in [0.2, 0.25) is 0 Å². The van der Waals surface area contributed by atoms with E-state index in [0.29, 0.717) is 4.75 Å². The predicted molar refractivity (Wildman–Crippen MR) is 87.2 cm³/mol. The van der Waals surface area contributed by atoms with Crippen molar-refractivity contribution in [2.75, 3.05) is 29.2 Å². The lowest BCUT2D eigenvalue weighted by Crippen LogP contribution is -2.29. The first-order chi connectivity index (χ1) is 9.57. The van der Waals surface area contributed by atoms with Crippen LogP contribution < -0.4 is 16.2 Å². The molecule has 3 N–H and O–H groups in total. The topological polar surface area (TPSA) is 67.1 Å². The van der Waals surface area contributed by atoms with Crippen molar-refractivity contribution >= 4 is 23.4 Å². The molecule has 0 radical (unpaired) electrons. The molecule has 0 bridgehead atoms. The van der Waals surface area contributed by atoms with Gasteiger partial charge in [0.1, 0.15) is 18.0 Å². The third kappa shape index (κ3) is 3.55. The largest absolute Gasteiger partial charge is 0.355 e. The fourth-order valence-electron chi connectivity index (χ4n) is 2.51. The Kier molecular flexibility index (Phi) is 5.10. The van der Waals surface area contributed by atoms with Crippen LogP contribution in [0.4, 0.5) is 11.6 Å². The Morgan fingerprint density at radius 2 is 2.20 bits per heavy atom. The summed E-state index contributed by atoms with van der Waals surface area (Å²) in [6.45, 7) is 8.88.